The van der Waals surface area contributed by atoms with Gasteiger partial charge in [-0.25, -0.2) is 0 Å². The van der Waals surface area contributed by atoms with Crippen LogP contribution in [-0.2, 0) is 4.74 Å². The van der Waals surface area contributed by atoms with Gasteiger partial charge in [-0.2, -0.15) is 0 Å². The molecule has 3 aromatic rings. The molecular weight excluding hydrogens is 392 g/mol. The molecule has 0 fully saturated rings. The van der Waals surface area contributed by atoms with Gasteiger partial charge < -0.3 is 9.47 Å². The molecule has 0 saturated carbocycles. The summed E-state index contributed by atoms with van der Waals surface area (Å²) in [6, 6.07) is 29.3. The second-order valence-corrected chi connectivity index (χ2v) is 7.39. The second-order valence-electron chi connectivity index (χ2n) is 7.01. The first-order valence-electron chi connectivity index (χ1n) is 10.5. The molecule has 0 aliphatic rings. The highest BCUT2D eigenvalue weighted by Gasteiger charge is 2.14. The highest BCUT2D eigenvalue weighted by molar-refractivity contribution is 6.18. The van der Waals surface area contributed by atoms with Crippen molar-refractivity contribution in [3.63, 3.8) is 0 Å². The zero-order chi connectivity index (χ0) is 21.0. The Morgan fingerprint density at radius 3 is 1.90 bits per heavy atom. The van der Waals surface area contributed by atoms with E-state index in [1.165, 1.54) is 22.3 Å². The van der Waals surface area contributed by atoms with Crippen molar-refractivity contribution in [1.29, 1.82) is 0 Å². The highest BCUT2D eigenvalue weighted by atomic mass is 35.5. The van der Waals surface area contributed by atoms with Gasteiger partial charge in [0.05, 0.1) is 6.61 Å². The third kappa shape index (κ3) is 6.22. The van der Waals surface area contributed by atoms with Crippen molar-refractivity contribution < 1.29 is 9.47 Å². The molecule has 30 heavy (non-hydrogen) atoms. The molecule has 3 rings (SSSR count). The van der Waals surface area contributed by atoms with Crippen molar-refractivity contribution in [3.05, 3.63) is 102 Å². The Morgan fingerprint density at radius 1 is 0.700 bits per heavy atom. The van der Waals surface area contributed by atoms with Crippen molar-refractivity contribution in [3.8, 4) is 5.75 Å². The third-order valence-electron chi connectivity index (χ3n) is 4.82. The van der Waals surface area contributed by atoms with E-state index in [-0.39, 0.29) is 0 Å². The van der Waals surface area contributed by atoms with E-state index in [1.54, 1.807) is 0 Å². The summed E-state index contributed by atoms with van der Waals surface area (Å²) < 4.78 is 11.3. The summed E-state index contributed by atoms with van der Waals surface area (Å²) in [5.74, 6) is 1.42. The maximum atomic E-state index is 6.22. The molecule has 0 aliphatic carbocycles. The van der Waals surface area contributed by atoms with E-state index in [9.17, 15) is 0 Å². The molecule has 0 amide bonds. The lowest BCUT2D eigenvalue weighted by atomic mass is 9.88. The van der Waals surface area contributed by atoms with Crippen LogP contribution in [0.25, 0.3) is 11.1 Å². The topological polar surface area (TPSA) is 18.5 Å². The summed E-state index contributed by atoms with van der Waals surface area (Å²) >= 11 is 6.22. The highest BCUT2D eigenvalue weighted by Crippen LogP contribution is 2.35. The van der Waals surface area contributed by atoms with Crippen LogP contribution in [0.3, 0.4) is 0 Å². The average molecular weight is 421 g/mol. The maximum absolute atomic E-state index is 6.22. The van der Waals surface area contributed by atoms with Crippen molar-refractivity contribution in [1.82, 2.24) is 0 Å². The third-order valence-corrected chi connectivity index (χ3v) is 5.01. The lowest BCUT2D eigenvalue weighted by Crippen LogP contribution is -2.07. The van der Waals surface area contributed by atoms with Crippen LogP contribution in [-0.4, -0.2) is 25.7 Å². The fourth-order valence-corrected chi connectivity index (χ4v) is 3.64. The van der Waals surface area contributed by atoms with Crippen LogP contribution in [0, 0.1) is 0 Å². The summed E-state index contributed by atoms with van der Waals surface area (Å²) in [6.07, 6.45) is 1.82. The average Bonchev–Trinajstić information content (AvgIpc) is 2.81. The first-order valence-corrected chi connectivity index (χ1v) is 11.1. The predicted octanol–water partition coefficient (Wildman–Crippen LogP) is 7.08. The monoisotopic (exact) mass is 420 g/mol. The van der Waals surface area contributed by atoms with E-state index in [0.29, 0.717) is 19.1 Å². The molecule has 0 atom stereocenters. The molecule has 0 saturated heterocycles. The number of hydrogen-bond acceptors (Lipinski definition) is 2. The van der Waals surface area contributed by atoms with Crippen molar-refractivity contribution in [2.45, 2.75) is 19.8 Å². The molecule has 2 nitrogen and oxygen atoms in total. The fraction of sp³-hybridized carbons (Fsp3) is 0.259. The van der Waals surface area contributed by atoms with Gasteiger partial charge in [-0.3, -0.25) is 0 Å². The van der Waals surface area contributed by atoms with Crippen LogP contribution >= 0.6 is 11.6 Å². The van der Waals surface area contributed by atoms with Crippen LogP contribution in [0.5, 0.6) is 5.75 Å². The number of alkyl halides is 1. The largest absolute Gasteiger partial charge is 0.491 e. The van der Waals surface area contributed by atoms with Crippen molar-refractivity contribution in [2.24, 2.45) is 0 Å². The number of benzene rings is 3. The molecule has 0 bridgehead atoms. The zero-order valence-electron chi connectivity index (χ0n) is 17.5. The van der Waals surface area contributed by atoms with Gasteiger partial charge in [0.1, 0.15) is 12.4 Å². The minimum atomic E-state index is 0.558. The number of hydrogen-bond donors (Lipinski definition) is 0. The minimum absolute atomic E-state index is 0.558. The number of halogens is 1. The normalized spacial score (nSPS) is 11.8. The number of rotatable bonds is 11. The summed E-state index contributed by atoms with van der Waals surface area (Å²) in [5.41, 5.74) is 5.99. The second kappa shape index (κ2) is 12.2. The van der Waals surface area contributed by atoms with Crippen LogP contribution in [0.4, 0.5) is 0 Å². The van der Waals surface area contributed by atoms with Crippen LogP contribution < -0.4 is 4.74 Å². The zero-order valence-corrected chi connectivity index (χ0v) is 18.3. The Kier molecular flexibility index (Phi) is 9.02. The molecule has 0 spiro atoms. The van der Waals surface area contributed by atoms with Crippen LogP contribution in [0.15, 0.2) is 84.9 Å². The van der Waals surface area contributed by atoms with Gasteiger partial charge in [0, 0.05) is 12.5 Å². The summed E-state index contributed by atoms with van der Waals surface area (Å²) in [4.78, 5) is 0. The van der Waals surface area contributed by atoms with E-state index in [0.717, 1.165) is 30.8 Å². The molecule has 0 unspecified atom stereocenters. The standard InChI is InChI=1S/C27H29ClO2/c1-2-19-29-20-21-30-25-15-13-24(14-16-25)27(23-11-7-4-8-12-23)26(17-18-28)22-9-5-3-6-10-22/h3-16H,2,17-21H2,1H3. The summed E-state index contributed by atoms with van der Waals surface area (Å²) in [6.45, 7) is 4.04. The lowest BCUT2D eigenvalue weighted by Gasteiger charge is -2.17. The Morgan fingerprint density at radius 2 is 1.30 bits per heavy atom. The van der Waals surface area contributed by atoms with E-state index < -0.39 is 0 Å². The van der Waals surface area contributed by atoms with Gasteiger partial charge in [-0.1, -0.05) is 79.7 Å². The maximum Gasteiger partial charge on any atom is 0.119 e. The fourth-order valence-electron chi connectivity index (χ4n) is 3.45. The van der Waals surface area contributed by atoms with Gasteiger partial charge in [-0.05, 0) is 52.8 Å². The summed E-state index contributed by atoms with van der Waals surface area (Å²) in [7, 11) is 0. The minimum Gasteiger partial charge on any atom is -0.491 e. The molecule has 3 heteroatoms. The SMILES string of the molecule is CCCOCCOc1ccc(C(=C(CCCl)c2ccccc2)c2ccccc2)cc1. The van der Waals surface area contributed by atoms with Crippen LogP contribution in [0.1, 0.15) is 36.5 Å². The Hall–Kier alpha value is -2.55. The first kappa shape index (κ1) is 22.1. The van der Waals surface area contributed by atoms with Crippen molar-refractivity contribution >= 4 is 22.7 Å². The van der Waals surface area contributed by atoms with E-state index >= 15 is 0 Å². The number of allylic oxidation sites excluding steroid dienone is 1. The van der Waals surface area contributed by atoms with Crippen LogP contribution in [0.2, 0.25) is 0 Å². The molecule has 0 radical (unpaired) electrons. The van der Waals surface area contributed by atoms with Gasteiger partial charge in [-0.15, -0.1) is 11.6 Å². The number of ether oxygens (including phenoxy) is 2. The Bertz CT molecular complexity index is 903. The smallest absolute Gasteiger partial charge is 0.119 e. The molecule has 156 valence electrons. The van der Waals surface area contributed by atoms with Gasteiger partial charge in [0.25, 0.3) is 0 Å². The summed E-state index contributed by atoms with van der Waals surface area (Å²) in [5, 5.41) is 0. The molecule has 3 aromatic carbocycles. The van der Waals surface area contributed by atoms with E-state index in [4.69, 9.17) is 21.1 Å². The molecule has 0 heterocycles. The van der Waals surface area contributed by atoms with Gasteiger partial charge in [0.15, 0.2) is 0 Å². The quantitative estimate of drug-likeness (QED) is 0.187. The predicted molar refractivity (Wildman–Crippen MR) is 127 cm³/mol. The molecular formula is C27H29ClO2. The Balaban J connectivity index is 1.93. The van der Waals surface area contributed by atoms with Crippen molar-refractivity contribution in [2.75, 3.05) is 25.7 Å². The first-order chi connectivity index (χ1) is 14.8. The molecule has 0 N–H and O–H groups in total. The van der Waals surface area contributed by atoms with Gasteiger partial charge in [0.2, 0.25) is 0 Å². The molecule has 0 aromatic heterocycles. The van der Waals surface area contributed by atoms with Gasteiger partial charge >= 0.3 is 0 Å². The van der Waals surface area contributed by atoms with E-state index in [1.807, 2.05) is 24.3 Å². The molecule has 0 aliphatic heterocycles. The Labute approximate surface area is 185 Å². The van der Waals surface area contributed by atoms with E-state index in [2.05, 4.69) is 67.6 Å². The lowest BCUT2D eigenvalue weighted by molar-refractivity contribution is 0.101.